The van der Waals surface area contributed by atoms with E-state index in [-0.39, 0.29) is 11.1 Å². The number of aryl methyl sites for hydroxylation is 1. The second kappa shape index (κ2) is 7.25. The van der Waals surface area contributed by atoms with Crippen molar-refractivity contribution in [1.29, 1.82) is 0 Å². The summed E-state index contributed by atoms with van der Waals surface area (Å²) in [4.78, 5) is 9.03. The highest BCUT2D eigenvalue weighted by atomic mass is 35.5. The van der Waals surface area contributed by atoms with E-state index in [1.165, 1.54) is 0 Å². The summed E-state index contributed by atoms with van der Waals surface area (Å²) < 4.78 is 1.79. The second-order valence-corrected chi connectivity index (χ2v) is 6.76. The SMILES string of the molecule is Cc1nc(Nc2cccc(O)c2)c2cnn(CC(Cl)c3ccccc3)c2n1. The van der Waals surface area contributed by atoms with E-state index in [9.17, 15) is 5.11 Å². The topological polar surface area (TPSA) is 75.9 Å². The molecule has 0 saturated heterocycles. The Hall–Kier alpha value is -3.12. The van der Waals surface area contributed by atoms with Crippen LogP contribution < -0.4 is 5.32 Å². The molecule has 4 aromatic rings. The van der Waals surface area contributed by atoms with Gasteiger partial charge in [-0.05, 0) is 24.6 Å². The van der Waals surface area contributed by atoms with Gasteiger partial charge in [0, 0.05) is 11.8 Å². The van der Waals surface area contributed by atoms with Gasteiger partial charge in [0.05, 0.1) is 23.5 Å². The molecule has 27 heavy (non-hydrogen) atoms. The zero-order valence-corrected chi connectivity index (χ0v) is 15.4. The largest absolute Gasteiger partial charge is 0.508 e. The van der Waals surface area contributed by atoms with Crippen LogP contribution >= 0.6 is 11.6 Å². The van der Waals surface area contributed by atoms with Gasteiger partial charge in [-0.3, -0.25) is 0 Å². The number of anilines is 2. The number of nitrogens with zero attached hydrogens (tertiary/aromatic N) is 4. The number of nitrogens with one attached hydrogen (secondary N) is 1. The number of benzene rings is 2. The molecule has 6 nitrogen and oxygen atoms in total. The molecule has 0 aliphatic carbocycles. The Kier molecular flexibility index (Phi) is 4.64. The van der Waals surface area contributed by atoms with Gasteiger partial charge in [-0.15, -0.1) is 11.6 Å². The van der Waals surface area contributed by atoms with Gasteiger partial charge in [0.25, 0.3) is 0 Å². The first-order valence-electron chi connectivity index (χ1n) is 8.55. The van der Waals surface area contributed by atoms with Crippen molar-refractivity contribution in [1.82, 2.24) is 19.7 Å². The summed E-state index contributed by atoms with van der Waals surface area (Å²) in [6.45, 7) is 2.33. The van der Waals surface area contributed by atoms with Crippen molar-refractivity contribution in [2.75, 3.05) is 5.32 Å². The Morgan fingerprint density at radius 3 is 2.70 bits per heavy atom. The van der Waals surface area contributed by atoms with Gasteiger partial charge in [0.2, 0.25) is 0 Å². The smallest absolute Gasteiger partial charge is 0.163 e. The van der Waals surface area contributed by atoms with Gasteiger partial charge in [0.1, 0.15) is 17.4 Å². The van der Waals surface area contributed by atoms with Crippen LogP contribution in [0.25, 0.3) is 11.0 Å². The van der Waals surface area contributed by atoms with Crippen LogP contribution in [-0.2, 0) is 6.54 Å². The molecule has 7 heteroatoms. The number of hydrogen-bond acceptors (Lipinski definition) is 5. The lowest BCUT2D eigenvalue weighted by molar-refractivity contribution is 0.475. The molecule has 2 aromatic carbocycles. The Balaban J connectivity index is 1.67. The molecule has 0 amide bonds. The monoisotopic (exact) mass is 379 g/mol. The summed E-state index contributed by atoms with van der Waals surface area (Å²) in [7, 11) is 0. The molecule has 2 aromatic heterocycles. The van der Waals surface area contributed by atoms with Crippen molar-refractivity contribution >= 4 is 34.1 Å². The molecule has 2 heterocycles. The predicted octanol–water partition coefficient (Wildman–Crippen LogP) is 4.56. The fourth-order valence-electron chi connectivity index (χ4n) is 2.93. The van der Waals surface area contributed by atoms with Gasteiger partial charge in [0.15, 0.2) is 5.65 Å². The first-order chi connectivity index (χ1) is 13.1. The summed E-state index contributed by atoms with van der Waals surface area (Å²) >= 11 is 6.58. The van der Waals surface area contributed by atoms with Gasteiger partial charge in [-0.2, -0.15) is 5.10 Å². The third kappa shape index (κ3) is 3.71. The Morgan fingerprint density at radius 1 is 1.11 bits per heavy atom. The molecule has 0 spiro atoms. The number of phenolic OH excluding ortho intramolecular Hbond substituents is 1. The number of hydrogen-bond donors (Lipinski definition) is 2. The first kappa shape index (κ1) is 17.3. The third-order valence-corrected chi connectivity index (χ3v) is 4.60. The molecule has 0 saturated carbocycles. The second-order valence-electron chi connectivity index (χ2n) is 6.24. The minimum absolute atomic E-state index is 0.186. The summed E-state index contributed by atoms with van der Waals surface area (Å²) in [6, 6.07) is 16.8. The quantitative estimate of drug-likeness (QED) is 0.497. The average molecular weight is 380 g/mol. The van der Waals surface area contributed by atoms with Crippen LogP contribution in [0.15, 0.2) is 60.8 Å². The van der Waals surface area contributed by atoms with Crippen LogP contribution in [0.4, 0.5) is 11.5 Å². The van der Waals surface area contributed by atoms with E-state index >= 15 is 0 Å². The fraction of sp³-hybridized carbons (Fsp3) is 0.150. The van der Waals surface area contributed by atoms with Crippen LogP contribution in [0.1, 0.15) is 16.8 Å². The van der Waals surface area contributed by atoms with E-state index in [2.05, 4.69) is 20.4 Å². The fourth-order valence-corrected chi connectivity index (χ4v) is 3.21. The summed E-state index contributed by atoms with van der Waals surface area (Å²) in [5.74, 6) is 1.45. The maximum atomic E-state index is 9.67. The number of phenols is 1. The molecule has 0 fully saturated rings. The number of rotatable bonds is 5. The van der Waals surface area contributed by atoms with E-state index < -0.39 is 0 Å². The minimum Gasteiger partial charge on any atom is -0.508 e. The molecule has 0 radical (unpaired) electrons. The molecule has 0 aliphatic rings. The third-order valence-electron chi connectivity index (χ3n) is 4.21. The molecule has 1 unspecified atom stereocenters. The van der Waals surface area contributed by atoms with E-state index in [1.54, 1.807) is 29.1 Å². The molecule has 2 N–H and O–H groups in total. The van der Waals surface area contributed by atoms with Crippen LogP contribution in [0, 0.1) is 6.92 Å². The van der Waals surface area contributed by atoms with E-state index in [0.29, 0.717) is 23.8 Å². The number of aromatic hydroxyl groups is 1. The van der Waals surface area contributed by atoms with E-state index in [4.69, 9.17) is 11.6 Å². The van der Waals surface area contributed by atoms with E-state index in [0.717, 1.165) is 16.6 Å². The average Bonchev–Trinajstić information content (AvgIpc) is 3.05. The lowest BCUT2D eigenvalue weighted by atomic mass is 10.1. The normalized spacial score (nSPS) is 12.2. The van der Waals surface area contributed by atoms with Crippen LogP contribution in [0.3, 0.4) is 0 Å². The van der Waals surface area contributed by atoms with Crippen molar-refractivity contribution in [2.24, 2.45) is 0 Å². The zero-order valence-electron chi connectivity index (χ0n) is 14.7. The highest BCUT2D eigenvalue weighted by molar-refractivity contribution is 6.20. The standard InChI is InChI=1S/C20H18ClN5O/c1-13-23-19(25-15-8-5-9-16(27)10-15)17-11-22-26(20(17)24-13)12-18(21)14-6-3-2-4-7-14/h2-11,18,27H,12H2,1H3,(H,23,24,25). The lowest BCUT2D eigenvalue weighted by Gasteiger charge is -2.11. The summed E-state index contributed by atoms with van der Waals surface area (Å²) in [5.41, 5.74) is 2.49. The molecule has 1 atom stereocenters. The van der Waals surface area contributed by atoms with Crippen LogP contribution in [0.2, 0.25) is 0 Å². The number of alkyl halides is 1. The van der Waals surface area contributed by atoms with Gasteiger partial charge in [-0.1, -0.05) is 36.4 Å². The zero-order chi connectivity index (χ0) is 18.8. The number of fused-ring (bicyclic) bond motifs is 1. The Morgan fingerprint density at radius 2 is 1.93 bits per heavy atom. The van der Waals surface area contributed by atoms with Gasteiger partial charge in [-0.25, -0.2) is 14.6 Å². The molecule has 136 valence electrons. The van der Waals surface area contributed by atoms with Crippen molar-refractivity contribution < 1.29 is 5.11 Å². The van der Waals surface area contributed by atoms with Gasteiger partial charge >= 0.3 is 0 Å². The Labute approximate surface area is 161 Å². The summed E-state index contributed by atoms with van der Waals surface area (Å²) in [5, 5.41) is 17.9. The minimum atomic E-state index is -0.216. The predicted molar refractivity (Wildman–Crippen MR) is 106 cm³/mol. The maximum Gasteiger partial charge on any atom is 0.163 e. The van der Waals surface area contributed by atoms with Crippen molar-refractivity contribution in [2.45, 2.75) is 18.8 Å². The molecule has 4 rings (SSSR count). The number of halogens is 1. The first-order valence-corrected chi connectivity index (χ1v) is 8.99. The highest BCUT2D eigenvalue weighted by Gasteiger charge is 2.15. The number of aromatic nitrogens is 4. The van der Waals surface area contributed by atoms with Crippen LogP contribution in [-0.4, -0.2) is 24.9 Å². The van der Waals surface area contributed by atoms with Gasteiger partial charge < -0.3 is 10.4 Å². The highest BCUT2D eigenvalue weighted by Crippen LogP contribution is 2.28. The molecule has 0 aliphatic heterocycles. The molecular formula is C20H18ClN5O. The van der Waals surface area contributed by atoms with Crippen molar-refractivity contribution in [3.63, 3.8) is 0 Å². The van der Waals surface area contributed by atoms with Crippen molar-refractivity contribution in [3.8, 4) is 5.75 Å². The molecule has 0 bridgehead atoms. The van der Waals surface area contributed by atoms with Crippen molar-refractivity contribution in [3.05, 3.63) is 72.2 Å². The lowest BCUT2D eigenvalue weighted by Crippen LogP contribution is -2.08. The summed E-state index contributed by atoms with van der Waals surface area (Å²) in [6.07, 6.45) is 1.73. The maximum absolute atomic E-state index is 9.67. The Bertz CT molecular complexity index is 1080. The molecular weight excluding hydrogens is 362 g/mol. The van der Waals surface area contributed by atoms with E-state index in [1.807, 2.05) is 43.3 Å². The van der Waals surface area contributed by atoms with Crippen LogP contribution in [0.5, 0.6) is 5.75 Å².